The molecular formula is C17H14Cl2N4S. The highest BCUT2D eigenvalue weighted by Gasteiger charge is 2.51. The van der Waals surface area contributed by atoms with Crippen LogP contribution in [-0.4, -0.2) is 29.8 Å². The number of hydrogen-bond donors (Lipinski definition) is 0. The van der Waals surface area contributed by atoms with Crippen LogP contribution < -0.4 is 0 Å². The molecule has 0 spiro atoms. The Morgan fingerprint density at radius 2 is 1.79 bits per heavy atom. The van der Waals surface area contributed by atoms with Gasteiger partial charge < -0.3 is 0 Å². The van der Waals surface area contributed by atoms with Crippen molar-refractivity contribution in [1.82, 2.24) is 19.7 Å². The SMILES string of the molecule is ClC1(Cl)C[C@@H]1CSc1nnc(-c2ccncc2)n1-c1ccccc1. The van der Waals surface area contributed by atoms with Gasteiger partial charge in [-0.3, -0.25) is 9.55 Å². The van der Waals surface area contributed by atoms with E-state index in [2.05, 4.69) is 19.7 Å². The van der Waals surface area contributed by atoms with Gasteiger partial charge in [-0.1, -0.05) is 30.0 Å². The van der Waals surface area contributed by atoms with Gasteiger partial charge in [0.05, 0.1) is 0 Å². The summed E-state index contributed by atoms with van der Waals surface area (Å²) < 4.78 is 1.49. The summed E-state index contributed by atoms with van der Waals surface area (Å²) in [6.45, 7) is 0. The van der Waals surface area contributed by atoms with E-state index in [1.165, 1.54) is 0 Å². The van der Waals surface area contributed by atoms with Crippen LogP contribution in [0.1, 0.15) is 6.42 Å². The molecule has 122 valence electrons. The summed E-state index contributed by atoms with van der Waals surface area (Å²) in [6, 6.07) is 14.0. The van der Waals surface area contributed by atoms with E-state index in [1.54, 1.807) is 24.2 Å². The fourth-order valence-electron chi connectivity index (χ4n) is 2.49. The van der Waals surface area contributed by atoms with Crippen LogP contribution in [0.15, 0.2) is 60.0 Å². The van der Waals surface area contributed by atoms with Gasteiger partial charge in [0, 0.05) is 35.3 Å². The molecule has 0 bridgehead atoms. The molecule has 2 heterocycles. The zero-order valence-corrected chi connectivity index (χ0v) is 15.0. The van der Waals surface area contributed by atoms with Gasteiger partial charge in [0.15, 0.2) is 11.0 Å². The van der Waals surface area contributed by atoms with Crippen LogP contribution in [0.5, 0.6) is 0 Å². The van der Waals surface area contributed by atoms with Crippen molar-refractivity contribution >= 4 is 35.0 Å². The van der Waals surface area contributed by atoms with Crippen molar-refractivity contribution in [2.24, 2.45) is 5.92 Å². The molecule has 1 fully saturated rings. The number of nitrogens with zero attached hydrogens (tertiary/aromatic N) is 4. The number of benzene rings is 1. The standard InChI is InChI=1S/C17H14Cl2N4S/c18-17(19)10-13(17)11-24-16-22-21-15(12-6-8-20-9-7-12)23(16)14-4-2-1-3-5-14/h1-9,13H,10-11H2/t13-/m1/s1. The molecule has 3 aromatic rings. The topological polar surface area (TPSA) is 43.6 Å². The highest BCUT2D eigenvalue weighted by molar-refractivity contribution is 7.99. The number of rotatable bonds is 5. The number of alkyl halides is 2. The largest absolute Gasteiger partial charge is 0.270 e. The Kier molecular flexibility index (Phi) is 4.24. The number of thioether (sulfide) groups is 1. The number of pyridine rings is 1. The Hall–Kier alpha value is -1.56. The Labute approximate surface area is 154 Å². The summed E-state index contributed by atoms with van der Waals surface area (Å²) in [6.07, 6.45) is 4.34. The van der Waals surface area contributed by atoms with E-state index in [4.69, 9.17) is 23.2 Å². The lowest BCUT2D eigenvalue weighted by Crippen LogP contribution is -2.01. The first-order valence-electron chi connectivity index (χ1n) is 7.57. The normalized spacial score (nSPS) is 18.5. The van der Waals surface area contributed by atoms with Crippen LogP contribution in [0, 0.1) is 5.92 Å². The van der Waals surface area contributed by atoms with Crippen LogP contribution in [0.3, 0.4) is 0 Å². The summed E-state index contributed by atoms with van der Waals surface area (Å²) in [5.41, 5.74) is 2.00. The van der Waals surface area contributed by atoms with E-state index in [9.17, 15) is 0 Å². The van der Waals surface area contributed by atoms with E-state index < -0.39 is 4.33 Å². The minimum atomic E-state index is -0.571. The zero-order valence-electron chi connectivity index (χ0n) is 12.6. The van der Waals surface area contributed by atoms with Crippen molar-refractivity contribution in [2.75, 3.05) is 5.75 Å². The van der Waals surface area contributed by atoms with Gasteiger partial charge in [-0.25, -0.2) is 0 Å². The molecule has 0 aliphatic heterocycles. The summed E-state index contributed by atoms with van der Waals surface area (Å²) in [5.74, 6) is 1.93. The second-order valence-electron chi connectivity index (χ2n) is 5.69. The number of hydrogen-bond acceptors (Lipinski definition) is 4. The fraction of sp³-hybridized carbons (Fsp3) is 0.235. The number of para-hydroxylation sites is 1. The molecule has 1 saturated carbocycles. The van der Waals surface area contributed by atoms with Crippen molar-refractivity contribution in [1.29, 1.82) is 0 Å². The Morgan fingerprint density at radius 3 is 2.46 bits per heavy atom. The van der Waals surface area contributed by atoms with Gasteiger partial charge in [0.2, 0.25) is 0 Å². The van der Waals surface area contributed by atoms with Gasteiger partial charge in [-0.05, 0) is 30.7 Å². The lowest BCUT2D eigenvalue weighted by atomic mass is 10.2. The van der Waals surface area contributed by atoms with Crippen LogP contribution in [-0.2, 0) is 0 Å². The Morgan fingerprint density at radius 1 is 1.08 bits per heavy atom. The molecule has 4 nitrogen and oxygen atoms in total. The van der Waals surface area contributed by atoms with Gasteiger partial charge in [0.25, 0.3) is 0 Å². The van der Waals surface area contributed by atoms with Crippen LogP contribution in [0.25, 0.3) is 17.1 Å². The molecule has 1 aliphatic rings. The van der Waals surface area contributed by atoms with E-state index >= 15 is 0 Å². The summed E-state index contributed by atoms with van der Waals surface area (Å²) >= 11 is 13.9. The van der Waals surface area contributed by atoms with Gasteiger partial charge in [-0.2, -0.15) is 0 Å². The molecule has 2 aromatic heterocycles. The first-order valence-corrected chi connectivity index (χ1v) is 9.31. The third-order valence-corrected chi connectivity index (χ3v) is 5.97. The molecule has 0 saturated heterocycles. The molecule has 0 N–H and O–H groups in total. The first kappa shape index (κ1) is 15.9. The number of aromatic nitrogens is 4. The molecule has 4 rings (SSSR count). The average Bonchev–Trinajstić information content (AvgIpc) is 3.04. The lowest BCUT2D eigenvalue weighted by Gasteiger charge is -2.10. The molecule has 0 amide bonds. The van der Waals surface area contributed by atoms with Crippen molar-refractivity contribution < 1.29 is 0 Å². The highest BCUT2D eigenvalue weighted by atomic mass is 35.5. The highest BCUT2D eigenvalue weighted by Crippen LogP contribution is 2.54. The summed E-state index contributed by atoms with van der Waals surface area (Å²) in [4.78, 5) is 4.07. The van der Waals surface area contributed by atoms with E-state index in [-0.39, 0.29) is 0 Å². The predicted molar refractivity (Wildman–Crippen MR) is 97.9 cm³/mol. The molecule has 7 heteroatoms. The third kappa shape index (κ3) is 3.16. The molecule has 1 aliphatic carbocycles. The maximum absolute atomic E-state index is 6.13. The molecular weight excluding hydrogens is 363 g/mol. The monoisotopic (exact) mass is 376 g/mol. The van der Waals surface area contributed by atoms with Crippen molar-refractivity contribution in [3.8, 4) is 17.1 Å². The zero-order chi connectivity index (χ0) is 16.6. The molecule has 0 radical (unpaired) electrons. The fourth-order valence-corrected chi connectivity index (χ4v) is 4.37. The molecule has 24 heavy (non-hydrogen) atoms. The van der Waals surface area contributed by atoms with Gasteiger partial charge in [0.1, 0.15) is 4.33 Å². The van der Waals surface area contributed by atoms with Crippen LogP contribution in [0.4, 0.5) is 0 Å². The minimum absolute atomic E-state index is 0.302. The summed E-state index contributed by atoms with van der Waals surface area (Å²) in [7, 11) is 0. The van der Waals surface area contributed by atoms with Crippen molar-refractivity contribution in [3.63, 3.8) is 0 Å². The van der Waals surface area contributed by atoms with E-state index in [1.807, 2.05) is 42.5 Å². The van der Waals surface area contributed by atoms with E-state index in [0.29, 0.717) is 5.92 Å². The van der Waals surface area contributed by atoms with Gasteiger partial charge in [-0.15, -0.1) is 33.4 Å². The third-order valence-electron chi connectivity index (χ3n) is 3.96. The first-order chi connectivity index (χ1) is 11.6. The van der Waals surface area contributed by atoms with Crippen molar-refractivity contribution in [2.45, 2.75) is 15.9 Å². The summed E-state index contributed by atoms with van der Waals surface area (Å²) in [5, 5.41) is 9.62. The Balaban J connectivity index is 1.70. The lowest BCUT2D eigenvalue weighted by molar-refractivity contribution is 0.877. The van der Waals surface area contributed by atoms with E-state index in [0.717, 1.165) is 34.4 Å². The predicted octanol–water partition coefficient (Wildman–Crippen LogP) is 4.62. The second kappa shape index (κ2) is 6.39. The van der Waals surface area contributed by atoms with Crippen LogP contribution >= 0.6 is 35.0 Å². The maximum Gasteiger partial charge on any atom is 0.196 e. The Bertz CT molecular complexity index is 836. The second-order valence-corrected chi connectivity index (χ2v) is 8.22. The molecule has 0 unspecified atom stereocenters. The average molecular weight is 377 g/mol. The van der Waals surface area contributed by atoms with Crippen molar-refractivity contribution in [3.05, 3.63) is 54.9 Å². The van der Waals surface area contributed by atoms with Gasteiger partial charge >= 0.3 is 0 Å². The smallest absolute Gasteiger partial charge is 0.196 e. The number of halogens is 2. The molecule has 1 atom stereocenters. The minimum Gasteiger partial charge on any atom is -0.270 e. The maximum atomic E-state index is 6.13. The van der Waals surface area contributed by atoms with Crippen LogP contribution in [0.2, 0.25) is 0 Å². The quantitative estimate of drug-likeness (QED) is 0.481. The molecule has 1 aromatic carbocycles.